The van der Waals surface area contributed by atoms with Crippen LogP contribution in [0.2, 0.25) is 0 Å². The second kappa shape index (κ2) is 6.60. The van der Waals surface area contributed by atoms with Crippen LogP contribution in [0.4, 0.5) is 14.5 Å². The first-order valence-electron chi connectivity index (χ1n) is 8.17. The molecule has 4 aromatic rings. The number of nitrogens with one attached hydrogen (secondary N) is 1. The molecule has 0 bridgehead atoms. The maximum atomic E-state index is 14.4. The maximum Gasteiger partial charge on any atom is 0.256 e. The van der Waals surface area contributed by atoms with Crippen LogP contribution in [-0.2, 0) is 0 Å². The number of benzene rings is 2. The first kappa shape index (κ1) is 16.8. The number of carbonyl (C=O) groups excluding carboxylic acids is 1. The molecule has 0 aliphatic carbocycles. The van der Waals surface area contributed by atoms with Crippen molar-refractivity contribution in [3.05, 3.63) is 84.1 Å². The topological polar surface area (TPSA) is 59.8 Å². The molecule has 134 valence electrons. The van der Waals surface area contributed by atoms with E-state index in [1.165, 1.54) is 35.2 Å². The van der Waals surface area contributed by atoms with Crippen molar-refractivity contribution in [1.82, 2.24) is 14.5 Å². The van der Waals surface area contributed by atoms with Gasteiger partial charge in [0.25, 0.3) is 5.91 Å². The Morgan fingerprint density at radius 3 is 2.70 bits per heavy atom. The molecular weight excluding hydrogens is 350 g/mol. The Morgan fingerprint density at radius 2 is 1.96 bits per heavy atom. The van der Waals surface area contributed by atoms with Gasteiger partial charge in [-0.05, 0) is 43.3 Å². The molecule has 0 saturated carbocycles. The van der Waals surface area contributed by atoms with E-state index < -0.39 is 17.5 Å². The number of halogens is 2. The Morgan fingerprint density at radius 1 is 1.11 bits per heavy atom. The highest BCUT2D eigenvalue weighted by molar-refractivity contribution is 6.12. The van der Waals surface area contributed by atoms with Gasteiger partial charge in [0.15, 0.2) is 0 Å². The summed E-state index contributed by atoms with van der Waals surface area (Å²) in [5.74, 6) is -1.35. The number of hydrogen-bond donors (Lipinski definition) is 1. The van der Waals surface area contributed by atoms with E-state index in [0.29, 0.717) is 33.5 Å². The van der Waals surface area contributed by atoms with Crippen LogP contribution >= 0.6 is 0 Å². The lowest BCUT2D eigenvalue weighted by atomic mass is 10.1. The average molecular weight is 364 g/mol. The van der Waals surface area contributed by atoms with Crippen LogP contribution in [0.25, 0.3) is 16.6 Å². The van der Waals surface area contributed by atoms with Crippen LogP contribution in [-0.4, -0.2) is 20.4 Å². The SMILES string of the molecule is Cc1cc(C(=O)Nc2ccc(-n3ccnc3)c(F)c2)c2ccc(F)cc2n1. The number of nitrogens with zero attached hydrogens (tertiary/aromatic N) is 3. The summed E-state index contributed by atoms with van der Waals surface area (Å²) in [7, 11) is 0. The van der Waals surface area contributed by atoms with Gasteiger partial charge in [-0.3, -0.25) is 9.78 Å². The fourth-order valence-electron chi connectivity index (χ4n) is 2.92. The lowest BCUT2D eigenvalue weighted by Crippen LogP contribution is -2.13. The normalized spacial score (nSPS) is 10.9. The highest BCUT2D eigenvalue weighted by atomic mass is 19.1. The number of anilines is 1. The Labute approximate surface area is 153 Å². The van der Waals surface area contributed by atoms with Crippen molar-refractivity contribution < 1.29 is 13.6 Å². The number of pyridine rings is 1. The maximum absolute atomic E-state index is 14.4. The van der Waals surface area contributed by atoms with Gasteiger partial charge in [0.1, 0.15) is 11.6 Å². The Bertz CT molecular complexity index is 1150. The number of fused-ring (bicyclic) bond motifs is 1. The van der Waals surface area contributed by atoms with Gasteiger partial charge in [-0.2, -0.15) is 0 Å². The van der Waals surface area contributed by atoms with Gasteiger partial charge in [0.2, 0.25) is 0 Å². The summed E-state index contributed by atoms with van der Waals surface area (Å²) in [5.41, 5.74) is 1.95. The Balaban J connectivity index is 1.67. The van der Waals surface area contributed by atoms with Crippen molar-refractivity contribution >= 4 is 22.5 Å². The van der Waals surface area contributed by atoms with E-state index in [1.807, 2.05) is 0 Å². The van der Waals surface area contributed by atoms with Crippen LogP contribution in [0, 0.1) is 18.6 Å². The van der Waals surface area contributed by atoms with Gasteiger partial charge in [-0.15, -0.1) is 0 Å². The molecule has 0 aliphatic rings. The Kier molecular flexibility index (Phi) is 4.12. The highest BCUT2D eigenvalue weighted by Gasteiger charge is 2.14. The van der Waals surface area contributed by atoms with Gasteiger partial charge in [0, 0.05) is 35.2 Å². The highest BCUT2D eigenvalue weighted by Crippen LogP contribution is 2.22. The monoisotopic (exact) mass is 364 g/mol. The van der Waals surface area contributed by atoms with Crippen LogP contribution < -0.4 is 5.32 Å². The van der Waals surface area contributed by atoms with Crippen molar-refractivity contribution in [2.24, 2.45) is 0 Å². The molecule has 0 aliphatic heterocycles. The number of hydrogen-bond acceptors (Lipinski definition) is 3. The molecule has 0 fully saturated rings. The van der Waals surface area contributed by atoms with E-state index in [0.717, 1.165) is 0 Å². The summed E-state index contributed by atoms with van der Waals surface area (Å²) in [6.07, 6.45) is 4.66. The number of aromatic nitrogens is 3. The predicted octanol–water partition coefficient (Wildman–Crippen LogP) is 4.26. The molecule has 2 aromatic heterocycles. The van der Waals surface area contributed by atoms with Crippen molar-refractivity contribution in [3.63, 3.8) is 0 Å². The van der Waals surface area contributed by atoms with Crippen LogP contribution in [0.1, 0.15) is 16.1 Å². The molecule has 27 heavy (non-hydrogen) atoms. The molecule has 2 heterocycles. The third-order valence-electron chi connectivity index (χ3n) is 4.13. The van der Waals surface area contributed by atoms with E-state index in [-0.39, 0.29) is 0 Å². The second-order valence-electron chi connectivity index (χ2n) is 6.06. The number of carbonyl (C=O) groups is 1. The fourth-order valence-corrected chi connectivity index (χ4v) is 2.92. The minimum atomic E-state index is -0.497. The molecule has 5 nitrogen and oxygen atoms in total. The molecule has 0 atom stereocenters. The number of rotatable bonds is 3. The molecule has 7 heteroatoms. The molecule has 0 saturated heterocycles. The third kappa shape index (κ3) is 3.27. The predicted molar refractivity (Wildman–Crippen MR) is 97.9 cm³/mol. The van der Waals surface area contributed by atoms with Crippen molar-refractivity contribution in [2.75, 3.05) is 5.32 Å². The zero-order valence-electron chi connectivity index (χ0n) is 14.3. The zero-order chi connectivity index (χ0) is 19.0. The molecule has 2 aromatic carbocycles. The van der Waals surface area contributed by atoms with Gasteiger partial charge >= 0.3 is 0 Å². The summed E-state index contributed by atoms with van der Waals surface area (Å²) < 4.78 is 29.4. The summed E-state index contributed by atoms with van der Waals surface area (Å²) >= 11 is 0. The standard InChI is InChI=1S/C20H14F2N4O/c1-12-8-16(15-4-2-13(21)9-18(15)24-12)20(27)25-14-3-5-19(17(22)10-14)26-7-6-23-11-26/h2-11H,1H3,(H,25,27). The van der Waals surface area contributed by atoms with Crippen molar-refractivity contribution in [3.8, 4) is 5.69 Å². The first-order valence-corrected chi connectivity index (χ1v) is 8.17. The molecule has 1 N–H and O–H groups in total. The molecule has 4 rings (SSSR count). The van der Waals surface area contributed by atoms with E-state index in [2.05, 4.69) is 15.3 Å². The lowest BCUT2D eigenvalue weighted by Gasteiger charge is -2.11. The molecule has 0 radical (unpaired) electrons. The number of aryl methyl sites for hydroxylation is 1. The largest absolute Gasteiger partial charge is 0.322 e. The van der Waals surface area contributed by atoms with Crippen LogP contribution in [0.15, 0.2) is 61.2 Å². The van der Waals surface area contributed by atoms with Gasteiger partial charge < -0.3 is 9.88 Å². The quantitative estimate of drug-likeness (QED) is 0.591. The summed E-state index contributed by atoms with van der Waals surface area (Å²) in [5, 5.41) is 3.20. The molecule has 0 spiro atoms. The third-order valence-corrected chi connectivity index (χ3v) is 4.13. The van der Waals surface area contributed by atoms with E-state index in [9.17, 15) is 13.6 Å². The molecule has 1 amide bonds. The van der Waals surface area contributed by atoms with Gasteiger partial charge in [-0.1, -0.05) is 0 Å². The molecular formula is C20H14F2N4O. The average Bonchev–Trinajstić information content (AvgIpc) is 3.15. The van der Waals surface area contributed by atoms with E-state index >= 15 is 0 Å². The summed E-state index contributed by atoms with van der Waals surface area (Å²) in [6, 6.07) is 10.1. The molecule has 0 unspecified atom stereocenters. The van der Waals surface area contributed by atoms with Crippen molar-refractivity contribution in [2.45, 2.75) is 6.92 Å². The lowest BCUT2D eigenvalue weighted by molar-refractivity contribution is 0.102. The summed E-state index contributed by atoms with van der Waals surface area (Å²) in [6.45, 7) is 1.72. The minimum absolute atomic E-state index is 0.311. The smallest absolute Gasteiger partial charge is 0.256 e. The number of imidazole rings is 1. The minimum Gasteiger partial charge on any atom is -0.322 e. The first-order chi connectivity index (χ1) is 13.0. The van der Waals surface area contributed by atoms with Gasteiger partial charge in [0.05, 0.1) is 23.1 Å². The zero-order valence-corrected chi connectivity index (χ0v) is 14.3. The fraction of sp³-hybridized carbons (Fsp3) is 0.0500. The van der Waals surface area contributed by atoms with Gasteiger partial charge in [-0.25, -0.2) is 13.8 Å². The summed E-state index contributed by atoms with van der Waals surface area (Å²) in [4.78, 5) is 20.9. The van der Waals surface area contributed by atoms with E-state index in [4.69, 9.17) is 0 Å². The number of amides is 1. The Hall–Kier alpha value is -3.61. The second-order valence-corrected chi connectivity index (χ2v) is 6.06. The van der Waals surface area contributed by atoms with Crippen molar-refractivity contribution in [1.29, 1.82) is 0 Å². The van der Waals surface area contributed by atoms with Crippen LogP contribution in [0.3, 0.4) is 0 Å². The van der Waals surface area contributed by atoms with Crippen LogP contribution in [0.5, 0.6) is 0 Å². The van der Waals surface area contributed by atoms with E-state index in [1.54, 1.807) is 37.5 Å².